The Morgan fingerprint density at radius 2 is 2.04 bits per heavy atom. The van der Waals surface area contributed by atoms with Crippen LogP contribution in [0.1, 0.15) is 43.0 Å². The van der Waals surface area contributed by atoms with Crippen LogP contribution in [0.2, 0.25) is 0 Å². The molecule has 2 aliphatic heterocycles. The van der Waals surface area contributed by atoms with Crippen LogP contribution < -0.4 is 15.6 Å². The van der Waals surface area contributed by atoms with E-state index in [1.54, 1.807) is 25.3 Å². The van der Waals surface area contributed by atoms with Crippen LogP contribution in [0, 0.1) is 5.92 Å². The number of aliphatic imine (C=N–C) groups is 1. The molecule has 10 nitrogen and oxygen atoms in total. The molecule has 6 rings (SSSR count). The molecule has 0 saturated carbocycles. The Morgan fingerprint density at radius 3 is 2.80 bits per heavy atom. The molecule has 1 aromatic rings. The molecular weight excluding hydrogens is 612 g/mol. The molecule has 1 amide bonds. The summed E-state index contributed by atoms with van der Waals surface area (Å²) >= 11 is 6.70. The van der Waals surface area contributed by atoms with E-state index in [0.717, 1.165) is 0 Å². The van der Waals surface area contributed by atoms with Crippen molar-refractivity contribution in [2.45, 2.75) is 50.1 Å². The van der Waals surface area contributed by atoms with Crippen molar-refractivity contribution in [3.8, 4) is 5.75 Å². The number of hydrogen-bond donors (Lipinski definition) is 1. The van der Waals surface area contributed by atoms with Crippen molar-refractivity contribution in [3.05, 3.63) is 92.9 Å². The summed E-state index contributed by atoms with van der Waals surface area (Å²) in [6.45, 7) is 2.67. The van der Waals surface area contributed by atoms with Gasteiger partial charge in [0.05, 0.1) is 43.4 Å². The number of carbonyl (C=O) groups excluding carboxylic acids is 1. The van der Waals surface area contributed by atoms with Gasteiger partial charge in [-0.05, 0) is 37.6 Å². The highest BCUT2D eigenvalue weighted by atomic mass is 35.5. The Hall–Kier alpha value is -4.16. The van der Waals surface area contributed by atoms with E-state index < -0.39 is 40.7 Å². The minimum absolute atomic E-state index is 0.0304. The molecule has 0 aromatic carbocycles. The molecular formula is C32H32ClF2N3O7. The molecule has 45 heavy (non-hydrogen) atoms. The minimum atomic E-state index is -0.846. The summed E-state index contributed by atoms with van der Waals surface area (Å²) in [6.07, 6.45) is 8.81. The Balaban J connectivity index is 1.21. The van der Waals surface area contributed by atoms with E-state index >= 15 is 4.39 Å². The molecule has 0 radical (unpaired) electrons. The van der Waals surface area contributed by atoms with Crippen LogP contribution in [-0.2, 0) is 18.9 Å². The van der Waals surface area contributed by atoms with Gasteiger partial charge in [-0.2, -0.15) is 0 Å². The van der Waals surface area contributed by atoms with Crippen molar-refractivity contribution in [3.63, 3.8) is 0 Å². The lowest BCUT2D eigenvalue weighted by molar-refractivity contribution is -0.0696. The molecule has 3 aliphatic carbocycles. The van der Waals surface area contributed by atoms with Crippen molar-refractivity contribution in [2.24, 2.45) is 10.9 Å². The molecule has 13 heteroatoms. The van der Waals surface area contributed by atoms with Gasteiger partial charge in [0.25, 0.3) is 11.5 Å². The number of carbonyl (C=O) groups is 1. The quantitative estimate of drug-likeness (QED) is 0.389. The number of fused-ring (bicyclic) bond motifs is 3. The average molecular weight is 644 g/mol. The summed E-state index contributed by atoms with van der Waals surface area (Å²) in [5.41, 5.74) is 0.273. The maximum atomic E-state index is 15.6. The maximum Gasteiger partial charge on any atom is 0.271 e. The third-order valence-electron chi connectivity index (χ3n) is 8.07. The number of ether oxygens (including phenoxy) is 5. The highest BCUT2D eigenvalue weighted by Crippen LogP contribution is 2.43. The summed E-state index contributed by atoms with van der Waals surface area (Å²) < 4.78 is 59.5. The Morgan fingerprint density at radius 1 is 1.20 bits per heavy atom. The number of methoxy groups -OCH3 is 1. The van der Waals surface area contributed by atoms with Crippen LogP contribution in [0.25, 0.3) is 5.70 Å². The second-order valence-corrected chi connectivity index (χ2v) is 11.4. The fourth-order valence-electron chi connectivity index (χ4n) is 5.88. The number of alkyl halides is 1. The average Bonchev–Trinajstić information content (AvgIpc) is 3.03. The summed E-state index contributed by atoms with van der Waals surface area (Å²) in [4.78, 5) is 31.4. The van der Waals surface area contributed by atoms with Crippen molar-refractivity contribution in [2.75, 3.05) is 26.9 Å². The van der Waals surface area contributed by atoms with Crippen LogP contribution in [0.4, 0.5) is 8.78 Å². The fourth-order valence-corrected chi connectivity index (χ4v) is 6.17. The first-order chi connectivity index (χ1) is 21.8. The van der Waals surface area contributed by atoms with E-state index in [-0.39, 0.29) is 55.2 Å². The summed E-state index contributed by atoms with van der Waals surface area (Å²) in [7, 11) is 1.53. The highest BCUT2D eigenvalue weighted by Gasteiger charge is 2.43. The maximum absolute atomic E-state index is 15.6. The fraction of sp³-hybridized carbons (Fsp3) is 0.406. The topological polar surface area (TPSA) is 110 Å². The second kappa shape index (κ2) is 13.1. The molecule has 238 valence electrons. The van der Waals surface area contributed by atoms with E-state index in [2.05, 4.69) is 10.3 Å². The number of rotatable bonds is 8. The van der Waals surface area contributed by atoms with Gasteiger partial charge >= 0.3 is 0 Å². The van der Waals surface area contributed by atoms with Crippen LogP contribution in [-0.4, -0.2) is 61.1 Å². The Bertz CT molecular complexity index is 1670. The van der Waals surface area contributed by atoms with Crippen molar-refractivity contribution >= 4 is 29.4 Å². The van der Waals surface area contributed by atoms with Crippen LogP contribution in [0.5, 0.6) is 5.75 Å². The second-order valence-electron chi connectivity index (χ2n) is 10.8. The van der Waals surface area contributed by atoms with Crippen LogP contribution >= 0.6 is 11.6 Å². The zero-order valence-corrected chi connectivity index (χ0v) is 25.4. The van der Waals surface area contributed by atoms with E-state index in [1.807, 2.05) is 0 Å². The van der Waals surface area contributed by atoms with Gasteiger partial charge in [-0.1, -0.05) is 0 Å². The number of hydrogen-bond acceptors (Lipinski definition) is 8. The molecule has 1 N–H and O–H groups in total. The number of halogens is 3. The van der Waals surface area contributed by atoms with Gasteiger partial charge in [0.15, 0.2) is 11.5 Å². The predicted octanol–water partition coefficient (Wildman–Crippen LogP) is 5.19. The highest BCUT2D eigenvalue weighted by molar-refractivity contribution is 6.21. The van der Waals surface area contributed by atoms with E-state index in [1.165, 1.54) is 36.1 Å². The normalized spacial score (nSPS) is 26.0. The number of dihydropyridines is 1. The standard InChI is InChI=1S/C32H32ClF2N3O7/c1-3-42-23-9-11-38(18-6-4-17(34)5-7-18)32(40)28(23)31(39)37-21-15-20(35)25(14-19(21)33)45-24-8-10-36-22-16-26(41-2)29-30(27(22)24)44-13-12-43-29/h4,6,8-11,16,19,21,27,30H,3,5,7,12-15H2,1-2H3,(H,37,39). The molecule has 0 spiro atoms. The summed E-state index contributed by atoms with van der Waals surface area (Å²) in [5, 5.41) is 1.96. The van der Waals surface area contributed by atoms with Gasteiger partial charge < -0.3 is 29.0 Å². The molecule has 1 saturated heterocycles. The molecule has 4 unspecified atom stereocenters. The molecule has 3 heterocycles. The zero-order valence-electron chi connectivity index (χ0n) is 24.7. The first-order valence-corrected chi connectivity index (χ1v) is 15.1. The number of nitrogens with zero attached hydrogens (tertiary/aromatic N) is 2. The van der Waals surface area contributed by atoms with Crippen molar-refractivity contribution < 1.29 is 37.3 Å². The van der Waals surface area contributed by atoms with Gasteiger partial charge in [0.1, 0.15) is 47.2 Å². The van der Waals surface area contributed by atoms with Crippen LogP contribution in [0.15, 0.2) is 86.7 Å². The molecule has 4 atom stereocenters. The monoisotopic (exact) mass is 643 g/mol. The molecule has 1 fully saturated rings. The van der Waals surface area contributed by atoms with E-state index in [4.69, 9.17) is 35.3 Å². The van der Waals surface area contributed by atoms with E-state index in [9.17, 15) is 14.0 Å². The SMILES string of the molecule is CCOc1ccn(C2=CC=C(F)CC2)c(=O)c1C(=O)NC1CC(F)=C(OC2=CC=NC3=CC(OC)=C4OCCOC4C32)CC1Cl. The molecule has 0 bridgehead atoms. The third-order valence-corrected chi connectivity index (χ3v) is 8.53. The molecule has 5 aliphatic rings. The lowest BCUT2D eigenvalue weighted by Crippen LogP contribution is -2.45. The Labute approximate surface area is 263 Å². The Kier molecular flexibility index (Phi) is 8.95. The third kappa shape index (κ3) is 6.08. The van der Waals surface area contributed by atoms with Gasteiger partial charge in [-0.25, -0.2) is 8.78 Å². The van der Waals surface area contributed by atoms with E-state index in [0.29, 0.717) is 41.9 Å². The van der Waals surface area contributed by atoms with Crippen LogP contribution in [0.3, 0.4) is 0 Å². The first kappa shape index (κ1) is 30.8. The number of aromatic nitrogens is 1. The van der Waals surface area contributed by atoms with Gasteiger partial charge in [-0.3, -0.25) is 19.1 Å². The number of allylic oxidation sites excluding steroid dienone is 7. The number of amides is 1. The zero-order chi connectivity index (χ0) is 31.7. The number of pyridine rings is 1. The minimum Gasteiger partial charge on any atom is -0.493 e. The molecule has 1 aromatic heterocycles. The van der Waals surface area contributed by atoms with Gasteiger partial charge in [0, 0.05) is 43.4 Å². The predicted molar refractivity (Wildman–Crippen MR) is 162 cm³/mol. The van der Waals surface area contributed by atoms with Gasteiger partial charge in [0.2, 0.25) is 0 Å². The summed E-state index contributed by atoms with van der Waals surface area (Å²) in [6, 6.07) is 0.661. The summed E-state index contributed by atoms with van der Waals surface area (Å²) in [5.74, 6) is -0.571. The number of nitrogens with one attached hydrogen (secondary N) is 1. The van der Waals surface area contributed by atoms with Crippen molar-refractivity contribution in [1.82, 2.24) is 9.88 Å². The van der Waals surface area contributed by atoms with Gasteiger partial charge in [-0.15, -0.1) is 11.6 Å². The first-order valence-electron chi connectivity index (χ1n) is 14.7. The lowest BCUT2D eigenvalue weighted by Gasteiger charge is -2.38. The largest absolute Gasteiger partial charge is 0.493 e. The smallest absolute Gasteiger partial charge is 0.271 e. The van der Waals surface area contributed by atoms with Crippen molar-refractivity contribution in [1.29, 1.82) is 0 Å². The lowest BCUT2D eigenvalue weighted by atomic mass is 9.87.